The Morgan fingerprint density at radius 1 is 1.42 bits per heavy atom. The lowest BCUT2D eigenvalue weighted by Gasteiger charge is -2.33. The Labute approximate surface area is 158 Å². The normalized spacial score (nSPS) is 13.4. The van der Waals surface area contributed by atoms with Crippen molar-refractivity contribution in [3.8, 4) is 5.75 Å². The number of pyridine rings is 1. The molecule has 2 N–H and O–H groups in total. The molecule has 0 aliphatic carbocycles. The maximum Gasteiger partial charge on any atom is 0.341 e. The van der Waals surface area contributed by atoms with E-state index >= 15 is 0 Å². The van der Waals surface area contributed by atoms with Crippen molar-refractivity contribution in [3.63, 3.8) is 0 Å². The zero-order chi connectivity index (χ0) is 19.8. The number of nitrogens with zero attached hydrogens (tertiary/aromatic N) is 1. The van der Waals surface area contributed by atoms with E-state index in [-0.39, 0.29) is 45.0 Å². The molecule has 0 bridgehead atoms. The molecular weight excluding hydrogens is 377 g/mol. The van der Waals surface area contributed by atoms with Gasteiger partial charge in [-0.25, -0.2) is 9.18 Å². The fourth-order valence-corrected chi connectivity index (χ4v) is 4.13. The number of carboxylic acids is 1. The Bertz CT molecular complexity index is 851. The van der Waals surface area contributed by atoms with E-state index in [1.165, 1.54) is 6.07 Å². The molecular formula is C18H23ClFNO4Si. The molecule has 1 aromatic carbocycles. The molecule has 1 heterocycles. The van der Waals surface area contributed by atoms with Crippen LogP contribution in [-0.4, -0.2) is 36.3 Å². The lowest BCUT2D eigenvalue weighted by atomic mass is 9.85. The molecule has 26 heavy (non-hydrogen) atoms. The molecule has 1 atom stereocenters. The smallest absolute Gasteiger partial charge is 0.341 e. The minimum Gasteiger partial charge on any atom is -0.506 e. The maximum absolute atomic E-state index is 14.8. The first kappa shape index (κ1) is 20.6. The molecule has 142 valence electrons. The molecule has 1 unspecified atom stereocenters. The number of carbonyl (C=O) groups is 1. The van der Waals surface area contributed by atoms with Gasteiger partial charge in [-0.05, 0) is 24.6 Å². The molecule has 0 amide bonds. The number of aromatic carboxylic acids is 1. The highest BCUT2D eigenvalue weighted by molar-refractivity contribution is 6.48. The summed E-state index contributed by atoms with van der Waals surface area (Å²) in [5, 5.41) is 19.3. The van der Waals surface area contributed by atoms with Crippen molar-refractivity contribution in [1.82, 2.24) is 4.98 Å². The SMILES string of the molecule is C[SiH](C)OC(Cc1c(F)c(Cl)cc2c(O)c(C(=O)O)cnc12)C(C)(C)C. The standard InChI is InChI=1S/C18H23ClFNO4Si/c1-18(2,3)13(25-26(4)5)7-9-14(20)12(19)6-10-15(9)21-8-11(16(10)22)17(23)24/h6,8,13,26H,7H2,1-5H3,(H,21,22)(H,23,24). The first-order valence-corrected chi connectivity index (χ1v) is 11.5. The van der Waals surface area contributed by atoms with Crippen LogP contribution in [0.4, 0.5) is 4.39 Å². The molecule has 0 saturated heterocycles. The van der Waals surface area contributed by atoms with E-state index in [0.29, 0.717) is 0 Å². The van der Waals surface area contributed by atoms with Crippen LogP contribution in [0.15, 0.2) is 12.3 Å². The van der Waals surface area contributed by atoms with E-state index in [2.05, 4.69) is 4.98 Å². The molecule has 2 aromatic rings. The number of aromatic nitrogens is 1. The van der Waals surface area contributed by atoms with Crippen molar-refractivity contribution >= 4 is 37.5 Å². The fraction of sp³-hybridized carbons (Fsp3) is 0.444. The van der Waals surface area contributed by atoms with Crippen molar-refractivity contribution < 1.29 is 23.8 Å². The predicted molar refractivity (Wildman–Crippen MR) is 102 cm³/mol. The molecule has 2 rings (SSSR count). The summed E-state index contributed by atoms with van der Waals surface area (Å²) in [6.45, 7) is 10.1. The van der Waals surface area contributed by atoms with E-state index in [1.54, 1.807) is 0 Å². The summed E-state index contributed by atoms with van der Waals surface area (Å²) >= 11 is 6.01. The molecule has 0 spiro atoms. The van der Waals surface area contributed by atoms with Crippen LogP contribution in [-0.2, 0) is 10.8 Å². The van der Waals surface area contributed by atoms with Crippen LogP contribution >= 0.6 is 11.6 Å². The highest BCUT2D eigenvalue weighted by Gasteiger charge is 2.30. The van der Waals surface area contributed by atoms with Gasteiger partial charge in [-0.15, -0.1) is 0 Å². The summed E-state index contributed by atoms with van der Waals surface area (Å²) < 4.78 is 20.9. The van der Waals surface area contributed by atoms with Gasteiger partial charge in [-0.3, -0.25) is 4.98 Å². The number of aromatic hydroxyl groups is 1. The summed E-state index contributed by atoms with van der Waals surface area (Å²) in [6, 6.07) is 1.20. The van der Waals surface area contributed by atoms with Crippen molar-refractivity contribution in [2.24, 2.45) is 5.41 Å². The van der Waals surface area contributed by atoms with E-state index in [0.717, 1.165) is 6.20 Å². The van der Waals surface area contributed by atoms with Gasteiger partial charge in [0.1, 0.15) is 17.1 Å². The molecule has 1 aromatic heterocycles. The van der Waals surface area contributed by atoms with Gasteiger partial charge in [-0.2, -0.15) is 0 Å². The third-order valence-corrected chi connectivity index (χ3v) is 5.29. The molecule has 0 saturated carbocycles. The van der Waals surface area contributed by atoms with Crippen LogP contribution < -0.4 is 0 Å². The number of hydrogen-bond acceptors (Lipinski definition) is 4. The second kappa shape index (κ2) is 7.50. The topological polar surface area (TPSA) is 79.7 Å². The minimum absolute atomic E-state index is 0.112. The quantitative estimate of drug-likeness (QED) is 0.729. The van der Waals surface area contributed by atoms with E-state index in [9.17, 15) is 14.3 Å². The number of hydrogen-bond donors (Lipinski definition) is 2. The van der Waals surface area contributed by atoms with Crippen molar-refractivity contribution in [2.75, 3.05) is 0 Å². The molecule has 8 heteroatoms. The largest absolute Gasteiger partial charge is 0.506 e. The van der Waals surface area contributed by atoms with E-state index in [1.807, 2.05) is 33.9 Å². The molecule has 0 radical (unpaired) electrons. The van der Waals surface area contributed by atoms with Gasteiger partial charge in [0.05, 0.1) is 16.6 Å². The van der Waals surface area contributed by atoms with Crippen LogP contribution in [0, 0.1) is 11.2 Å². The van der Waals surface area contributed by atoms with Crippen molar-refractivity contribution in [2.45, 2.75) is 46.4 Å². The summed E-state index contributed by atoms with van der Waals surface area (Å²) in [6.07, 6.45) is 0.977. The third-order valence-electron chi connectivity index (χ3n) is 4.14. The molecule has 0 aliphatic rings. The first-order valence-electron chi connectivity index (χ1n) is 8.30. The predicted octanol–water partition coefficient (Wildman–Crippen LogP) is 4.39. The van der Waals surface area contributed by atoms with Crippen molar-refractivity contribution in [1.29, 1.82) is 0 Å². The van der Waals surface area contributed by atoms with Gasteiger partial charge in [-0.1, -0.05) is 32.4 Å². The van der Waals surface area contributed by atoms with Gasteiger partial charge in [0.25, 0.3) is 0 Å². The van der Waals surface area contributed by atoms with Gasteiger partial charge in [0.15, 0.2) is 9.04 Å². The fourth-order valence-electron chi connectivity index (χ4n) is 2.75. The average molecular weight is 400 g/mol. The third kappa shape index (κ3) is 4.16. The number of fused-ring (bicyclic) bond motifs is 1. The average Bonchev–Trinajstić information content (AvgIpc) is 2.50. The summed E-state index contributed by atoms with van der Waals surface area (Å²) in [4.78, 5) is 15.3. The van der Waals surface area contributed by atoms with E-state index in [4.69, 9.17) is 21.1 Å². The monoisotopic (exact) mass is 399 g/mol. The Kier molecular flexibility index (Phi) is 5.94. The Balaban J connectivity index is 2.67. The van der Waals surface area contributed by atoms with Crippen LogP contribution in [0.25, 0.3) is 10.9 Å². The Hall–Kier alpha value is -1.70. The van der Waals surface area contributed by atoms with Gasteiger partial charge < -0.3 is 14.6 Å². The zero-order valence-electron chi connectivity index (χ0n) is 15.4. The summed E-state index contributed by atoms with van der Waals surface area (Å²) in [5.74, 6) is -2.42. The molecule has 5 nitrogen and oxygen atoms in total. The maximum atomic E-state index is 14.8. The number of benzene rings is 1. The van der Waals surface area contributed by atoms with Gasteiger partial charge >= 0.3 is 5.97 Å². The molecule has 0 fully saturated rings. The van der Waals surface area contributed by atoms with Crippen molar-refractivity contribution in [3.05, 3.63) is 34.2 Å². The number of rotatable bonds is 5. The second-order valence-electron chi connectivity index (χ2n) is 7.62. The van der Waals surface area contributed by atoms with E-state index < -0.39 is 26.6 Å². The Morgan fingerprint density at radius 3 is 2.54 bits per heavy atom. The van der Waals surface area contributed by atoms with Gasteiger partial charge in [0.2, 0.25) is 0 Å². The zero-order valence-corrected chi connectivity index (χ0v) is 17.3. The van der Waals surface area contributed by atoms with Crippen LogP contribution in [0.5, 0.6) is 5.75 Å². The summed E-state index contributed by atoms with van der Waals surface area (Å²) in [7, 11) is -1.39. The molecule has 0 aliphatic heterocycles. The second-order valence-corrected chi connectivity index (χ2v) is 10.4. The highest BCUT2D eigenvalue weighted by atomic mass is 35.5. The number of carboxylic acid groups (broad SMARTS) is 1. The van der Waals surface area contributed by atoms with Crippen LogP contribution in [0.2, 0.25) is 18.1 Å². The van der Waals surface area contributed by atoms with Crippen LogP contribution in [0.1, 0.15) is 36.7 Å². The highest BCUT2D eigenvalue weighted by Crippen LogP contribution is 2.36. The summed E-state index contributed by atoms with van der Waals surface area (Å²) in [5.41, 5.74) is -0.196. The van der Waals surface area contributed by atoms with Crippen LogP contribution in [0.3, 0.4) is 0 Å². The van der Waals surface area contributed by atoms with Gasteiger partial charge in [0, 0.05) is 23.6 Å². The lowest BCUT2D eigenvalue weighted by molar-refractivity contribution is 0.0693. The minimum atomic E-state index is -1.39. The Morgan fingerprint density at radius 2 is 2.04 bits per heavy atom. The first-order chi connectivity index (χ1) is 11.9. The number of halogens is 2. The lowest BCUT2D eigenvalue weighted by Crippen LogP contribution is -2.35.